The van der Waals surface area contributed by atoms with E-state index in [4.69, 9.17) is 0 Å². The largest absolute Gasteiger partial charge is 0.299 e. The third-order valence-corrected chi connectivity index (χ3v) is 2.99. The minimum absolute atomic E-state index is 0.0827. The van der Waals surface area contributed by atoms with Crippen molar-refractivity contribution in [3.63, 3.8) is 0 Å². The van der Waals surface area contributed by atoms with Crippen molar-refractivity contribution < 1.29 is 13.6 Å². The van der Waals surface area contributed by atoms with Crippen molar-refractivity contribution in [3.05, 3.63) is 47.5 Å². The van der Waals surface area contributed by atoms with Crippen LogP contribution in [0, 0.1) is 17.6 Å². The summed E-state index contributed by atoms with van der Waals surface area (Å²) in [6, 6.07) is 3.22. The lowest BCUT2D eigenvalue weighted by Gasteiger charge is -2.08. The second kappa shape index (κ2) is 6.56. The van der Waals surface area contributed by atoms with Gasteiger partial charge in [-0.2, -0.15) is 5.10 Å². The smallest absolute Gasteiger partial charge is 0.144 e. The summed E-state index contributed by atoms with van der Waals surface area (Å²) >= 11 is 0. The number of Topliss-reactive ketones (excluding diaryl/α,β-unsaturated/α-hetero) is 1. The molecule has 0 N–H and O–H groups in total. The Hall–Kier alpha value is -2.11. The number of hydrogen-bond donors (Lipinski definition) is 0. The third kappa shape index (κ3) is 4.18. The van der Waals surface area contributed by atoms with Crippen LogP contribution in [0.4, 0.5) is 8.78 Å². The molecule has 0 atom stereocenters. The number of carbonyl (C=O) groups excluding carboxylic acids is 1. The Morgan fingerprint density at radius 1 is 1.29 bits per heavy atom. The summed E-state index contributed by atoms with van der Waals surface area (Å²) in [6.07, 6.45) is 1.41. The lowest BCUT2D eigenvalue weighted by molar-refractivity contribution is -0.118. The Labute approximate surface area is 121 Å². The third-order valence-electron chi connectivity index (χ3n) is 2.99. The fourth-order valence-electron chi connectivity index (χ4n) is 2.04. The van der Waals surface area contributed by atoms with Gasteiger partial charge < -0.3 is 0 Å². The van der Waals surface area contributed by atoms with E-state index in [1.807, 2.05) is 13.8 Å². The van der Waals surface area contributed by atoms with E-state index in [1.54, 1.807) is 4.68 Å². The van der Waals surface area contributed by atoms with E-state index < -0.39 is 11.6 Å². The minimum Gasteiger partial charge on any atom is -0.299 e. The fourth-order valence-corrected chi connectivity index (χ4v) is 2.04. The molecule has 0 unspecified atom stereocenters. The van der Waals surface area contributed by atoms with Gasteiger partial charge in [-0.25, -0.2) is 18.4 Å². The molecular formula is C15H17F2N3O. The Balaban J connectivity index is 2.03. The van der Waals surface area contributed by atoms with Crippen LogP contribution in [-0.2, 0) is 24.2 Å². The number of ketones is 1. The van der Waals surface area contributed by atoms with Crippen LogP contribution in [0.3, 0.4) is 0 Å². The monoisotopic (exact) mass is 293 g/mol. The van der Waals surface area contributed by atoms with E-state index in [-0.39, 0.29) is 24.2 Å². The van der Waals surface area contributed by atoms with Crippen molar-refractivity contribution in [3.8, 4) is 0 Å². The van der Waals surface area contributed by atoms with Crippen LogP contribution < -0.4 is 0 Å². The van der Waals surface area contributed by atoms with Gasteiger partial charge in [-0.1, -0.05) is 19.9 Å². The van der Waals surface area contributed by atoms with E-state index >= 15 is 0 Å². The number of hydrogen-bond acceptors (Lipinski definition) is 3. The summed E-state index contributed by atoms with van der Waals surface area (Å²) in [7, 11) is 0. The summed E-state index contributed by atoms with van der Waals surface area (Å²) in [4.78, 5) is 16.1. The second-order valence-electron chi connectivity index (χ2n) is 5.38. The van der Waals surface area contributed by atoms with E-state index in [9.17, 15) is 13.6 Å². The minimum atomic E-state index is -0.702. The maximum Gasteiger partial charge on any atom is 0.144 e. The highest BCUT2D eigenvalue weighted by atomic mass is 19.1. The van der Waals surface area contributed by atoms with E-state index in [1.165, 1.54) is 12.4 Å². The first-order valence-electron chi connectivity index (χ1n) is 6.78. The Bertz CT molecular complexity index is 638. The van der Waals surface area contributed by atoms with Gasteiger partial charge in [0.25, 0.3) is 0 Å². The van der Waals surface area contributed by atoms with E-state index in [0.29, 0.717) is 18.3 Å². The summed E-state index contributed by atoms with van der Waals surface area (Å²) in [5.41, 5.74) is 0.191. The zero-order valence-corrected chi connectivity index (χ0v) is 12.0. The fraction of sp³-hybridized carbons (Fsp3) is 0.400. The Kier molecular flexibility index (Phi) is 4.77. The van der Waals surface area contributed by atoms with Crippen LogP contribution in [-0.4, -0.2) is 20.5 Å². The van der Waals surface area contributed by atoms with E-state index in [2.05, 4.69) is 10.1 Å². The normalized spacial score (nSPS) is 11.1. The molecule has 0 aliphatic heterocycles. The van der Waals surface area contributed by atoms with Gasteiger partial charge in [0.15, 0.2) is 0 Å². The van der Waals surface area contributed by atoms with Gasteiger partial charge in [-0.05, 0) is 17.5 Å². The molecule has 0 aliphatic rings. The standard InChI is InChI=1S/C15H17F2N3O/c1-10(2)8-20-15(18-9-19-20)7-13(21)5-11-3-4-12(16)6-14(11)17/h3-4,6,9-10H,5,7-8H2,1-2H3. The molecule has 1 aromatic heterocycles. The molecule has 0 saturated carbocycles. The molecule has 6 heteroatoms. The van der Waals surface area contributed by atoms with Crippen molar-refractivity contribution in [2.45, 2.75) is 33.2 Å². The first-order chi connectivity index (χ1) is 9.95. The van der Waals surface area contributed by atoms with Crippen molar-refractivity contribution in [1.82, 2.24) is 14.8 Å². The molecular weight excluding hydrogens is 276 g/mol. The van der Waals surface area contributed by atoms with Gasteiger partial charge in [-0.3, -0.25) is 4.79 Å². The van der Waals surface area contributed by atoms with Crippen molar-refractivity contribution in [1.29, 1.82) is 0 Å². The van der Waals surface area contributed by atoms with Crippen molar-refractivity contribution in [2.24, 2.45) is 5.92 Å². The molecule has 2 rings (SSSR count). The average Bonchev–Trinajstić information content (AvgIpc) is 2.79. The Morgan fingerprint density at radius 2 is 2.05 bits per heavy atom. The summed E-state index contributed by atoms with van der Waals surface area (Å²) in [5, 5.41) is 4.08. The van der Waals surface area contributed by atoms with Gasteiger partial charge >= 0.3 is 0 Å². The number of nitrogens with zero attached hydrogens (tertiary/aromatic N) is 3. The van der Waals surface area contributed by atoms with Crippen LogP contribution in [0.2, 0.25) is 0 Å². The van der Waals surface area contributed by atoms with Crippen molar-refractivity contribution in [2.75, 3.05) is 0 Å². The van der Waals surface area contributed by atoms with Gasteiger partial charge in [-0.15, -0.1) is 0 Å². The zero-order chi connectivity index (χ0) is 15.4. The molecule has 0 spiro atoms. The zero-order valence-electron chi connectivity index (χ0n) is 12.0. The number of rotatable bonds is 6. The van der Waals surface area contributed by atoms with Gasteiger partial charge in [0.1, 0.15) is 29.6 Å². The van der Waals surface area contributed by atoms with E-state index in [0.717, 1.165) is 12.1 Å². The molecule has 1 aromatic carbocycles. The summed E-state index contributed by atoms with van der Waals surface area (Å²) in [5.74, 6) is -0.586. The van der Waals surface area contributed by atoms with Crippen LogP contribution in [0.25, 0.3) is 0 Å². The first kappa shape index (κ1) is 15.3. The number of benzene rings is 1. The molecule has 0 fully saturated rings. The predicted octanol–water partition coefficient (Wildman–Crippen LogP) is 2.57. The molecule has 1 heterocycles. The number of halogens is 2. The van der Waals surface area contributed by atoms with Crippen LogP contribution in [0.1, 0.15) is 25.2 Å². The second-order valence-corrected chi connectivity index (χ2v) is 5.38. The van der Waals surface area contributed by atoms with Gasteiger partial charge in [0.05, 0.1) is 6.42 Å². The molecule has 0 radical (unpaired) electrons. The quantitative estimate of drug-likeness (QED) is 0.822. The maximum absolute atomic E-state index is 13.5. The molecule has 112 valence electrons. The first-order valence-corrected chi connectivity index (χ1v) is 6.78. The van der Waals surface area contributed by atoms with Crippen LogP contribution >= 0.6 is 0 Å². The molecule has 21 heavy (non-hydrogen) atoms. The summed E-state index contributed by atoms with van der Waals surface area (Å²) in [6.45, 7) is 4.76. The molecule has 2 aromatic rings. The topological polar surface area (TPSA) is 47.8 Å². The van der Waals surface area contributed by atoms with Crippen LogP contribution in [0.5, 0.6) is 0 Å². The van der Waals surface area contributed by atoms with Gasteiger partial charge in [0, 0.05) is 19.0 Å². The highest BCUT2D eigenvalue weighted by Gasteiger charge is 2.14. The average molecular weight is 293 g/mol. The molecule has 0 aliphatic carbocycles. The molecule has 0 saturated heterocycles. The maximum atomic E-state index is 13.5. The highest BCUT2D eigenvalue weighted by molar-refractivity contribution is 5.82. The highest BCUT2D eigenvalue weighted by Crippen LogP contribution is 2.12. The van der Waals surface area contributed by atoms with Gasteiger partial charge in [0.2, 0.25) is 0 Å². The Morgan fingerprint density at radius 3 is 2.71 bits per heavy atom. The lowest BCUT2D eigenvalue weighted by Crippen LogP contribution is -2.15. The SMILES string of the molecule is CC(C)Cn1ncnc1CC(=O)Cc1ccc(F)cc1F. The number of aromatic nitrogens is 3. The predicted molar refractivity (Wildman–Crippen MR) is 73.6 cm³/mol. The molecule has 0 amide bonds. The lowest BCUT2D eigenvalue weighted by atomic mass is 10.1. The number of carbonyl (C=O) groups is 1. The van der Waals surface area contributed by atoms with Crippen molar-refractivity contribution >= 4 is 5.78 Å². The summed E-state index contributed by atoms with van der Waals surface area (Å²) < 4.78 is 28.0. The van der Waals surface area contributed by atoms with Crippen LogP contribution in [0.15, 0.2) is 24.5 Å². The molecule has 0 bridgehead atoms. The molecule has 4 nitrogen and oxygen atoms in total.